The number of hydrogen-bond acceptors (Lipinski definition) is 3. The van der Waals surface area contributed by atoms with Crippen LogP contribution in [-0.4, -0.2) is 33.7 Å². The summed E-state index contributed by atoms with van der Waals surface area (Å²) in [5, 5.41) is 0. The van der Waals surface area contributed by atoms with Crippen molar-refractivity contribution in [1.82, 2.24) is 0 Å². The predicted octanol–water partition coefficient (Wildman–Crippen LogP) is 3.06. The molecule has 0 bridgehead atoms. The summed E-state index contributed by atoms with van der Waals surface area (Å²) in [5.74, 6) is -0.581. The molecule has 1 aliphatic heterocycles. The van der Waals surface area contributed by atoms with Gasteiger partial charge in [-0.2, -0.15) is 13.2 Å². The van der Waals surface area contributed by atoms with E-state index in [1.54, 1.807) is 12.1 Å². The molecular weight excluding hydrogens is 381 g/mol. The van der Waals surface area contributed by atoms with Crippen LogP contribution < -0.4 is 9.21 Å². The number of carbonyl (C=O) groups excluding carboxylic acids is 1. The lowest BCUT2D eigenvalue weighted by Crippen LogP contribution is -2.43. The van der Waals surface area contributed by atoms with E-state index >= 15 is 0 Å². The van der Waals surface area contributed by atoms with Crippen molar-refractivity contribution in [2.24, 2.45) is 0 Å². The number of halogens is 3. The molecule has 0 atom stereocenters. The molecule has 1 amide bonds. The number of rotatable bonds is 4. The fourth-order valence-corrected chi connectivity index (χ4v) is 3.98. The number of anilines is 2. The lowest BCUT2D eigenvalue weighted by molar-refractivity contribution is -0.137. The second kappa shape index (κ2) is 6.88. The van der Waals surface area contributed by atoms with E-state index < -0.39 is 39.9 Å². The first-order valence-electron chi connectivity index (χ1n) is 8.11. The van der Waals surface area contributed by atoms with Crippen LogP contribution in [0.2, 0.25) is 0 Å². The van der Waals surface area contributed by atoms with Gasteiger partial charge in [0.15, 0.2) is 0 Å². The van der Waals surface area contributed by atoms with Crippen LogP contribution in [0.1, 0.15) is 11.1 Å². The van der Waals surface area contributed by atoms with Crippen molar-refractivity contribution in [2.75, 3.05) is 28.6 Å². The molecule has 9 heteroatoms. The Labute approximate surface area is 155 Å². The van der Waals surface area contributed by atoms with Gasteiger partial charge in [-0.25, -0.2) is 8.42 Å². The molecule has 144 valence electrons. The van der Waals surface area contributed by atoms with Gasteiger partial charge < -0.3 is 4.90 Å². The minimum atomic E-state index is -4.75. The van der Waals surface area contributed by atoms with Crippen molar-refractivity contribution < 1.29 is 26.4 Å². The average Bonchev–Trinajstić information content (AvgIpc) is 3.02. The van der Waals surface area contributed by atoms with Crippen LogP contribution in [0, 0.1) is 0 Å². The topological polar surface area (TPSA) is 57.7 Å². The van der Waals surface area contributed by atoms with Crippen LogP contribution >= 0.6 is 0 Å². The molecule has 0 N–H and O–H groups in total. The average molecular weight is 398 g/mol. The molecule has 0 spiro atoms. The molecule has 0 radical (unpaired) electrons. The summed E-state index contributed by atoms with van der Waals surface area (Å²) in [5.41, 5.74) is -0.0779. The third-order valence-electron chi connectivity index (χ3n) is 4.35. The Balaban J connectivity index is 1.96. The van der Waals surface area contributed by atoms with E-state index in [1.807, 2.05) is 12.1 Å². The normalized spacial score (nSPS) is 14.1. The van der Waals surface area contributed by atoms with Gasteiger partial charge in [-0.05, 0) is 30.2 Å². The summed E-state index contributed by atoms with van der Waals surface area (Å²) in [7, 11) is -4.12. The van der Waals surface area contributed by atoms with Gasteiger partial charge in [-0.1, -0.05) is 30.3 Å². The molecule has 5 nitrogen and oxygen atoms in total. The Morgan fingerprint density at radius 2 is 1.74 bits per heavy atom. The van der Waals surface area contributed by atoms with Crippen molar-refractivity contribution in [1.29, 1.82) is 0 Å². The summed E-state index contributed by atoms with van der Waals surface area (Å²) >= 11 is 0. The maximum Gasteiger partial charge on any atom is 0.418 e. The number of para-hydroxylation sites is 2. The third kappa shape index (κ3) is 3.92. The smallest absolute Gasteiger partial charge is 0.310 e. The molecular formula is C18H17F3N2O3S. The van der Waals surface area contributed by atoms with Crippen LogP contribution in [-0.2, 0) is 27.4 Å². The summed E-state index contributed by atoms with van der Waals surface area (Å²) in [6, 6.07) is 11.5. The van der Waals surface area contributed by atoms with Crippen molar-refractivity contribution in [3.8, 4) is 0 Å². The zero-order valence-corrected chi connectivity index (χ0v) is 15.2. The first-order chi connectivity index (χ1) is 12.6. The second-order valence-electron chi connectivity index (χ2n) is 6.21. The fourth-order valence-electron chi connectivity index (χ4n) is 3.12. The Bertz CT molecular complexity index is 974. The molecule has 27 heavy (non-hydrogen) atoms. The number of hydrogen-bond donors (Lipinski definition) is 0. The highest BCUT2D eigenvalue weighted by Gasteiger charge is 2.37. The zero-order chi connectivity index (χ0) is 19.8. The minimum absolute atomic E-state index is 0.358. The van der Waals surface area contributed by atoms with E-state index in [1.165, 1.54) is 17.0 Å². The van der Waals surface area contributed by atoms with E-state index in [0.29, 0.717) is 23.0 Å². The van der Waals surface area contributed by atoms with Gasteiger partial charge in [-0.15, -0.1) is 0 Å². The monoisotopic (exact) mass is 398 g/mol. The van der Waals surface area contributed by atoms with Crippen LogP contribution in [0.25, 0.3) is 0 Å². The van der Waals surface area contributed by atoms with Gasteiger partial charge in [0.05, 0.1) is 17.5 Å². The third-order valence-corrected chi connectivity index (χ3v) is 5.47. The number of sulfonamides is 1. The van der Waals surface area contributed by atoms with Crippen molar-refractivity contribution in [2.45, 2.75) is 12.6 Å². The molecule has 2 aromatic carbocycles. The summed E-state index contributed by atoms with van der Waals surface area (Å²) < 4.78 is 64.8. The van der Waals surface area contributed by atoms with Crippen molar-refractivity contribution >= 4 is 27.3 Å². The molecule has 0 aromatic heterocycles. The van der Waals surface area contributed by atoms with Crippen molar-refractivity contribution in [3.63, 3.8) is 0 Å². The molecule has 0 fully saturated rings. The van der Waals surface area contributed by atoms with Gasteiger partial charge in [0.1, 0.15) is 6.54 Å². The Kier molecular flexibility index (Phi) is 4.90. The SMILES string of the molecule is CS(=O)(=O)N(CC(=O)N1CCc2ccccc21)c1ccccc1C(F)(F)F. The molecule has 1 heterocycles. The highest BCUT2D eigenvalue weighted by atomic mass is 32.2. The largest absolute Gasteiger partial charge is 0.418 e. The maximum absolute atomic E-state index is 13.3. The number of nitrogens with zero attached hydrogens (tertiary/aromatic N) is 2. The van der Waals surface area contributed by atoms with Gasteiger partial charge in [0.2, 0.25) is 15.9 Å². The minimum Gasteiger partial charge on any atom is -0.310 e. The Morgan fingerprint density at radius 1 is 1.11 bits per heavy atom. The first-order valence-corrected chi connectivity index (χ1v) is 9.96. The number of alkyl halides is 3. The van der Waals surface area contributed by atoms with Crippen LogP contribution in [0.4, 0.5) is 24.5 Å². The Morgan fingerprint density at radius 3 is 2.41 bits per heavy atom. The lowest BCUT2D eigenvalue weighted by Gasteiger charge is -2.27. The predicted molar refractivity (Wildman–Crippen MR) is 96.1 cm³/mol. The standard InChI is InChI=1S/C18H17F3N2O3S/c1-27(25,26)23(16-9-5-3-7-14(16)18(19,20)21)12-17(24)22-11-10-13-6-2-4-8-15(13)22/h2-9H,10-12H2,1H3. The molecule has 0 unspecified atom stereocenters. The summed E-state index contributed by atoms with van der Waals surface area (Å²) in [6.07, 6.45) is -3.35. The number of fused-ring (bicyclic) bond motifs is 1. The molecule has 3 rings (SSSR count). The summed E-state index contributed by atoms with van der Waals surface area (Å²) in [6.45, 7) is -0.350. The van der Waals surface area contributed by atoms with Crippen LogP contribution in [0.5, 0.6) is 0 Å². The van der Waals surface area contributed by atoms with Crippen LogP contribution in [0.3, 0.4) is 0 Å². The van der Waals surface area contributed by atoms with Gasteiger partial charge in [0, 0.05) is 12.2 Å². The van der Waals surface area contributed by atoms with Crippen molar-refractivity contribution in [3.05, 3.63) is 59.7 Å². The second-order valence-corrected chi connectivity index (χ2v) is 8.12. The summed E-state index contributed by atoms with van der Waals surface area (Å²) in [4.78, 5) is 14.1. The van der Waals surface area contributed by atoms with E-state index in [-0.39, 0.29) is 0 Å². The molecule has 0 aliphatic carbocycles. The quantitative estimate of drug-likeness (QED) is 0.796. The lowest BCUT2D eigenvalue weighted by atomic mass is 10.1. The zero-order valence-electron chi connectivity index (χ0n) is 14.4. The van der Waals surface area contributed by atoms with Gasteiger partial charge >= 0.3 is 6.18 Å². The van der Waals surface area contributed by atoms with E-state index in [4.69, 9.17) is 0 Å². The molecule has 1 aliphatic rings. The number of amides is 1. The van der Waals surface area contributed by atoms with Gasteiger partial charge in [0.25, 0.3) is 0 Å². The van der Waals surface area contributed by atoms with E-state index in [9.17, 15) is 26.4 Å². The Hall–Kier alpha value is -2.55. The fraction of sp³-hybridized carbons (Fsp3) is 0.278. The molecule has 0 saturated heterocycles. The number of benzene rings is 2. The van der Waals surface area contributed by atoms with E-state index in [0.717, 1.165) is 24.0 Å². The molecule has 0 saturated carbocycles. The van der Waals surface area contributed by atoms with Crippen LogP contribution in [0.15, 0.2) is 48.5 Å². The highest BCUT2D eigenvalue weighted by molar-refractivity contribution is 7.92. The first kappa shape index (κ1) is 19.2. The van der Waals surface area contributed by atoms with E-state index in [2.05, 4.69) is 0 Å². The molecule has 2 aromatic rings. The highest BCUT2D eigenvalue weighted by Crippen LogP contribution is 2.37. The maximum atomic E-state index is 13.3. The van der Waals surface area contributed by atoms with Gasteiger partial charge in [-0.3, -0.25) is 9.10 Å². The number of carbonyl (C=O) groups is 1.